The van der Waals surface area contributed by atoms with Crippen LogP contribution in [0, 0.1) is 5.92 Å². The van der Waals surface area contributed by atoms with E-state index < -0.39 is 0 Å². The number of nitrogens with one attached hydrogen (secondary N) is 1. The predicted molar refractivity (Wildman–Crippen MR) is 81.7 cm³/mol. The van der Waals surface area contributed by atoms with E-state index in [1.165, 1.54) is 12.2 Å². The van der Waals surface area contributed by atoms with E-state index >= 15 is 0 Å². The SMILES string of the molecule is COc1cc(C(=O)NC[C@@H]2CCSC2)cc2c1OCCO2. The van der Waals surface area contributed by atoms with Gasteiger partial charge in [-0.25, -0.2) is 0 Å². The third kappa shape index (κ3) is 3.20. The topological polar surface area (TPSA) is 56.8 Å². The van der Waals surface area contributed by atoms with Gasteiger partial charge in [-0.2, -0.15) is 11.8 Å². The zero-order valence-electron chi connectivity index (χ0n) is 12.0. The molecule has 1 saturated heterocycles. The Morgan fingerprint density at radius 1 is 1.43 bits per heavy atom. The number of hydrogen-bond donors (Lipinski definition) is 1. The van der Waals surface area contributed by atoms with Crippen molar-refractivity contribution in [2.75, 3.05) is 38.4 Å². The molecular weight excluding hydrogens is 290 g/mol. The number of rotatable bonds is 4. The molecule has 0 radical (unpaired) electrons. The number of benzene rings is 1. The number of carbonyl (C=O) groups excluding carboxylic acids is 1. The second-order valence-electron chi connectivity index (χ2n) is 5.14. The van der Waals surface area contributed by atoms with E-state index in [4.69, 9.17) is 14.2 Å². The van der Waals surface area contributed by atoms with Crippen LogP contribution in [-0.4, -0.2) is 44.3 Å². The van der Waals surface area contributed by atoms with Gasteiger partial charge in [0.25, 0.3) is 5.91 Å². The van der Waals surface area contributed by atoms with Crippen LogP contribution in [0.15, 0.2) is 12.1 Å². The maximum atomic E-state index is 12.3. The minimum atomic E-state index is -0.0952. The molecule has 3 rings (SSSR count). The molecule has 21 heavy (non-hydrogen) atoms. The molecule has 1 N–H and O–H groups in total. The summed E-state index contributed by atoms with van der Waals surface area (Å²) in [7, 11) is 1.56. The van der Waals surface area contributed by atoms with Gasteiger partial charge in [0, 0.05) is 12.1 Å². The van der Waals surface area contributed by atoms with Gasteiger partial charge in [-0.05, 0) is 36.0 Å². The van der Waals surface area contributed by atoms with Gasteiger partial charge >= 0.3 is 0 Å². The molecule has 0 unspecified atom stereocenters. The smallest absolute Gasteiger partial charge is 0.251 e. The van der Waals surface area contributed by atoms with E-state index in [2.05, 4.69) is 5.32 Å². The molecule has 1 aromatic rings. The van der Waals surface area contributed by atoms with Crippen LogP contribution in [0.25, 0.3) is 0 Å². The molecule has 0 bridgehead atoms. The van der Waals surface area contributed by atoms with E-state index in [9.17, 15) is 4.79 Å². The summed E-state index contributed by atoms with van der Waals surface area (Å²) in [4.78, 5) is 12.3. The fourth-order valence-corrected chi connectivity index (χ4v) is 3.77. The van der Waals surface area contributed by atoms with Crippen LogP contribution in [-0.2, 0) is 0 Å². The van der Waals surface area contributed by atoms with Crippen molar-refractivity contribution in [2.45, 2.75) is 6.42 Å². The largest absolute Gasteiger partial charge is 0.493 e. The average molecular weight is 309 g/mol. The van der Waals surface area contributed by atoms with Crippen molar-refractivity contribution < 1.29 is 19.0 Å². The lowest BCUT2D eigenvalue weighted by atomic mass is 10.1. The highest BCUT2D eigenvalue weighted by molar-refractivity contribution is 7.99. The van der Waals surface area contributed by atoms with Crippen LogP contribution < -0.4 is 19.5 Å². The quantitative estimate of drug-likeness (QED) is 0.921. The summed E-state index contributed by atoms with van der Waals surface area (Å²) < 4.78 is 16.4. The number of ether oxygens (including phenoxy) is 3. The standard InChI is InChI=1S/C15H19NO4S/c1-18-12-6-11(7-13-14(12)20-4-3-19-13)15(17)16-8-10-2-5-21-9-10/h6-7,10H,2-5,8-9H2,1H3,(H,16,17)/t10-/m0/s1. The number of hydrogen-bond acceptors (Lipinski definition) is 5. The number of fused-ring (bicyclic) bond motifs is 1. The Hall–Kier alpha value is -1.56. The lowest BCUT2D eigenvalue weighted by Crippen LogP contribution is -2.29. The summed E-state index contributed by atoms with van der Waals surface area (Å²) in [5.74, 6) is 4.49. The molecule has 2 aliphatic heterocycles. The van der Waals surface area contributed by atoms with Crippen molar-refractivity contribution in [3.8, 4) is 17.2 Å². The molecule has 1 aromatic carbocycles. The Labute approximate surface area is 128 Å². The summed E-state index contributed by atoms with van der Waals surface area (Å²) in [5, 5.41) is 2.99. The van der Waals surface area contributed by atoms with E-state index in [1.807, 2.05) is 11.8 Å². The molecule has 6 heteroatoms. The van der Waals surface area contributed by atoms with Crippen LogP contribution in [0.1, 0.15) is 16.8 Å². The number of carbonyl (C=O) groups is 1. The van der Waals surface area contributed by atoms with Gasteiger partial charge in [-0.15, -0.1) is 0 Å². The fraction of sp³-hybridized carbons (Fsp3) is 0.533. The molecule has 5 nitrogen and oxygen atoms in total. The first-order valence-corrected chi connectivity index (χ1v) is 8.27. The van der Waals surface area contributed by atoms with Gasteiger partial charge in [-0.1, -0.05) is 0 Å². The van der Waals surface area contributed by atoms with Gasteiger partial charge in [0.2, 0.25) is 5.75 Å². The van der Waals surface area contributed by atoms with E-state index in [1.54, 1.807) is 19.2 Å². The summed E-state index contributed by atoms with van der Waals surface area (Å²) in [6.07, 6.45) is 1.18. The molecule has 0 aromatic heterocycles. The Balaban J connectivity index is 1.73. The van der Waals surface area contributed by atoms with E-state index in [-0.39, 0.29) is 5.91 Å². The minimum Gasteiger partial charge on any atom is -0.493 e. The molecule has 1 fully saturated rings. The molecule has 0 saturated carbocycles. The van der Waals surface area contributed by atoms with Crippen LogP contribution >= 0.6 is 11.8 Å². The molecule has 0 aliphatic carbocycles. The monoisotopic (exact) mass is 309 g/mol. The second-order valence-corrected chi connectivity index (χ2v) is 6.29. The maximum Gasteiger partial charge on any atom is 0.251 e. The van der Waals surface area contributed by atoms with Crippen molar-refractivity contribution in [3.63, 3.8) is 0 Å². The molecule has 2 heterocycles. The molecular formula is C15H19NO4S. The summed E-state index contributed by atoms with van der Waals surface area (Å²) in [5.41, 5.74) is 0.543. The summed E-state index contributed by atoms with van der Waals surface area (Å²) >= 11 is 1.95. The first-order valence-electron chi connectivity index (χ1n) is 7.11. The molecule has 0 spiro atoms. The minimum absolute atomic E-state index is 0.0952. The van der Waals surface area contributed by atoms with Gasteiger partial charge in [-0.3, -0.25) is 4.79 Å². The van der Waals surface area contributed by atoms with Gasteiger partial charge in [0.15, 0.2) is 11.5 Å². The number of methoxy groups -OCH3 is 1. The van der Waals surface area contributed by atoms with Crippen LogP contribution in [0.4, 0.5) is 0 Å². The van der Waals surface area contributed by atoms with Crippen molar-refractivity contribution in [3.05, 3.63) is 17.7 Å². The second kappa shape index (κ2) is 6.47. The van der Waals surface area contributed by atoms with Crippen LogP contribution in [0.5, 0.6) is 17.2 Å². The Morgan fingerprint density at radius 3 is 3.05 bits per heavy atom. The Kier molecular flexibility index (Phi) is 4.43. The van der Waals surface area contributed by atoms with Crippen LogP contribution in [0.2, 0.25) is 0 Å². The summed E-state index contributed by atoms with van der Waals surface area (Å²) in [6.45, 7) is 1.71. The fourth-order valence-electron chi connectivity index (χ4n) is 2.49. The zero-order chi connectivity index (χ0) is 14.7. The van der Waals surface area contributed by atoms with E-state index in [0.717, 1.165) is 12.3 Å². The van der Waals surface area contributed by atoms with Crippen LogP contribution in [0.3, 0.4) is 0 Å². The van der Waals surface area contributed by atoms with Gasteiger partial charge < -0.3 is 19.5 Å². The van der Waals surface area contributed by atoms with Gasteiger partial charge in [0.05, 0.1) is 7.11 Å². The molecule has 2 aliphatic rings. The van der Waals surface area contributed by atoms with Crippen molar-refractivity contribution in [2.24, 2.45) is 5.92 Å². The number of thioether (sulfide) groups is 1. The Morgan fingerprint density at radius 2 is 2.29 bits per heavy atom. The lowest BCUT2D eigenvalue weighted by Gasteiger charge is -2.21. The highest BCUT2D eigenvalue weighted by Gasteiger charge is 2.22. The maximum absolute atomic E-state index is 12.3. The highest BCUT2D eigenvalue weighted by Crippen LogP contribution is 2.40. The predicted octanol–water partition coefficient (Wildman–Crippen LogP) is 1.95. The van der Waals surface area contributed by atoms with E-state index in [0.29, 0.717) is 41.9 Å². The highest BCUT2D eigenvalue weighted by atomic mass is 32.2. The normalized spacial score (nSPS) is 20.1. The first-order chi connectivity index (χ1) is 10.3. The van der Waals surface area contributed by atoms with Gasteiger partial charge in [0.1, 0.15) is 13.2 Å². The Bertz CT molecular complexity index is 511. The molecule has 1 amide bonds. The third-order valence-electron chi connectivity index (χ3n) is 3.67. The first kappa shape index (κ1) is 14.4. The molecule has 1 atom stereocenters. The van der Waals surface area contributed by atoms with Crippen molar-refractivity contribution in [1.29, 1.82) is 0 Å². The molecule has 114 valence electrons. The average Bonchev–Trinajstić information content (AvgIpc) is 3.04. The lowest BCUT2D eigenvalue weighted by molar-refractivity contribution is 0.0946. The van der Waals surface area contributed by atoms with Crippen molar-refractivity contribution in [1.82, 2.24) is 5.32 Å². The third-order valence-corrected chi connectivity index (χ3v) is 4.90. The summed E-state index contributed by atoms with van der Waals surface area (Å²) in [6, 6.07) is 3.42. The zero-order valence-corrected chi connectivity index (χ0v) is 12.8. The van der Waals surface area contributed by atoms with Crippen molar-refractivity contribution >= 4 is 17.7 Å². The number of amides is 1.